The minimum atomic E-state index is -4.70. The maximum Gasteiger partial charge on any atom is 0.417 e. The van der Waals surface area contributed by atoms with Crippen molar-refractivity contribution >= 4 is 29.1 Å². The number of halogens is 3. The van der Waals surface area contributed by atoms with Gasteiger partial charge in [0.25, 0.3) is 5.91 Å². The molecule has 4 N–H and O–H groups in total. The van der Waals surface area contributed by atoms with Crippen LogP contribution >= 0.6 is 0 Å². The van der Waals surface area contributed by atoms with Crippen LogP contribution in [0.3, 0.4) is 0 Å². The molecule has 0 bridgehead atoms. The molecule has 1 saturated heterocycles. The van der Waals surface area contributed by atoms with Crippen molar-refractivity contribution in [2.24, 2.45) is 0 Å². The lowest BCUT2D eigenvalue weighted by atomic mass is 10.0. The highest BCUT2D eigenvalue weighted by atomic mass is 19.4. The zero-order valence-electron chi connectivity index (χ0n) is 20.9. The van der Waals surface area contributed by atoms with Gasteiger partial charge in [-0.3, -0.25) is 9.59 Å². The monoisotopic (exact) mass is 540 g/mol. The Labute approximate surface area is 222 Å². The van der Waals surface area contributed by atoms with Gasteiger partial charge < -0.3 is 26.0 Å². The Bertz CT molecular complexity index is 1360. The van der Waals surface area contributed by atoms with Gasteiger partial charge in [-0.25, -0.2) is 9.97 Å². The predicted molar refractivity (Wildman–Crippen MR) is 141 cm³/mol. The Morgan fingerprint density at radius 1 is 1.13 bits per heavy atom. The highest BCUT2D eigenvalue weighted by Gasteiger charge is 2.35. The van der Waals surface area contributed by atoms with E-state index in [0.29, 0.717) is 44.2 Å². The number of ether oxygens (including phenoxy) is 1. The number of anilines is 3. The Morgan fingerprint density at radius 3 is 2.51 bits per heavy atom. The molecule has 3 heterocycles. The maximum absolute atomic E-state index is 13.8. The third-order valence-electron chi connectivity index (χ3n) is 6.02. The van der Waals surface area contributed by atoms with Crippen LogP contribution in [-0.2, 0) is 22.1 Å². The second kappa shape index (κ2) is 11.9. The van der Waals surface area contributed by atoms with Crippen molar-refractivity contribution in [2.75, 3.05) is 48.8 Å². The van der Waals surface area contributed by atoms with Crippen molar-refractivity contribution in [3.63, 3.8) is 0 Å². The summed E-state index contributed by atoms with van der Waals surface area (Å²) in [5.74, 6) is -0.687. The Kier molecular flexibility index (Phi) is 8.45. The molecule has 12 heteroatoms. The second-order valence-electron chi connectivity index (χ2n) is 8.75. The van der Waals surface area contributed by atoms with Crippen LogP contribution in [0, 0.1) is 0 Å². The molecule has 0 aliphatic carbocycles. The summed E-state index contributed by atoms with van der Waals surface area (Å²) in [6.07, 6.45) is -2.01. The number of hydrogen-bond donors (Lipinski definition) is 3. The molecular weight excluding hydrogens is 513 g/mol. The number of amides is 2. The third kappa shape index (κ3) is 7.11. The minimum Gasteiger partial charge on any atom is -0.384 e. The van der Waals surface area contributed by atoms with E-state index in [4.69, 9.17) is 10.5 Å². The summed E-state index contributed by atoms with van der Waals surface area (Å²) in [5.41, 5.74) is 5.92. The molecule has 204 valence electrons. The fourth-order valence-electron chi connectivity index (χ4n) is 4.02. The number of nitrogens with one attached hydrogen (secondary N) is 2. The lowest BCUT2D eigenvalue weighted by Gasteiger charge is -2.28. The van der Waals surface area contributed by atoms with E-state index in [2.05, 4.69) is 27.2 Å². The topological polar surface area (TPSA) is 122 Å². The summed E-state index contributed by atoms with van der Waals surface area (Å²) in [5, 5.41) is 5.47. The fourth-order valence-corrected chi connectivity index (χ4v) is 4.02. The van der Waals surface area contributed by atoms with Gasteiger partial charge in [0.2, 0.25) is 5.91 Å². The van der Waals surface area contributed by atoms with Crippen molar-refractivity contribution < 1.29 is 27.5 Å². The molecule has 2 amide bonds. The lowest BCUT2D eigenvalue weighted by molar-refractivity contribution is -0.137. The van der Waals surface area contributed by atoms with Gasteiger partial charge in [0, 0.05) is 42.6 Å². The van der Waals surface area contributed by atoms with Gasteiger partial charge in [-0.1, -0.05) is 18.7 Å². The van der Waals surface area contributed by atoms with Crippen molar-refractivity contribution in [1.82, 2.24) is 15.3 Å². The van der Waals surface area contributed by atoms with Gasteiger partial charge in [0.1, 0.15) is 11.6 Å². The van der Waals surface area contributed by atoms with Crippen LogP contribution in [0.15, 0.2) is 61.3 Å². The summed E-state index contributed by atoms with van der Waals surface area (Å²) in [6, 6.07) is 10.7. The molecule has 0 spiro atoms. The lowest BCUT2D eigenvalue weighted by Crippen LogP contribution is -2.37. The van der Waals surface area contributed by atoms with Crippen molar-refractivity contribution in [3.8, 4) is 11.3 Å². The van der Waals surface area contributed by atoms with E-state index in [9.17, 15) is 22.8 Å². The van der Waals surface area contributed by atoms with Gasteiger partial charge in [0.15, 0.2) is 0 Å². The first-order valence-electron chi connectivity index (χ1n) is 12.1. The molecule has 3 aromatic rings. The van der Waals surface area contributed by atoms with Crippen LogP contribution in [0.2, 0.25) is 0 Å². The number of nitrogens with two attached hydrogens (primary N) is 1. The number of carbonyl (C=O) groups excluding carboxylic acids is 2. The number of alkyl halides is 3. The Morgan fingerprint density at radius 2 is 1.85 bits per heavy atom. The van der Waals surface area contributed by atoms with Crippen molar-refractivity contribution in [2.45, 2.75) is 12.6 Å². The van der Waals surface area contributed by atoms with E-state index < -0.39 is 17.6 Å². The maximum atomic E-state index is 13.8. The first-order valence-corrected chi connectivity index (χ1v) is 12.1. The molecule has 0 atom stereocenters. The van der Waals surface area contributed by atoms with E-state index in [1.54, 1.807) is 18.2 Å². The van der Waals surface area contributed by atoms with Crippen LogP contribution in [0.1, 0.15) is 21.5 Å². The highest BCUT2D eigenvalue weighted by molar-refractivity contribution is 5.99. The number of nitrogen functional groups attached to an aromatic ring is 1. The largest absolute Gasteiger partial charge is 0.417 e. The van der Waals surface area contributed by atoms with E-state index >= 15 is 0 Å². The summed E-state index contributed by atoms with van der Waals surface area (Å²) in [6.45, 7) is 5.50. The standard InChI is InChI=1S/C27H27F3N6O3/c1-2-25(37)34-19-5-3-17(4-6-19)7-8-32-26(38)18-13-22(35-24(14-18)36-9-11-39-12-10-36)20-16-33-23(31)15-21(20)27(28,29)30/h2-6,13-16H,1,7-12H2,(H2,31,33)(H,32,38)(H,34,37). The third-order valence-corrected chi connectivity index (χ3v) is 6.02. The Hall–Kier alpha value is -4.45. The van der Waals surface area contributed by atoms with E-state index in [0.717, 1.165) is 17.8 Å². The number of morpholine rings is 1. The molecule has 1 aromatic carbocycles. The van der Waals surface area contributed by atoms with Gasteiger partial charge in [0.05, 0.1) is 24.5 Å². The van der Waals surface area contributed by atoms with E-state index in [-0.39, 0.29) is 35.1 Å². The molecule has 1 aliphatic rings. The first-order chi connectivity index (χ1) is 18.6. The molecule has 0 saturated carbocycles. The summed E-state index contributed by atoms with van der Waals surface area (Å²) in [7, 11) is 0. The van der Waals surface area contributed by atoms with Crippen LogP contribution in [0.5, 0.6) is 0 Å². The van der Waals surface area contributed by atoms with E-state index in [1.807, 2.05) is 17.0 Å². The van der Waals surface area contributed by atoms with Gasteiger partial charge in [-0.05, 0) is 48.4 Å². The number of nitrogens with zero attached hydrogens (tertiary/aromatic N) is 3. The quantitative estimate of drug-likeness (QED) is 0.373. The van der Waals surface area contributed by atoms with Gasteiger partial charge in [-0.15, -0.1) is 0 Å². The van der Waals surface area contributed by atoms with Crippen molar-refractivity contribution in [3.05, 3.63) is 78.0 Å². The molecular formula is C27H27F3N6O3. The number of carbonyl (C=O) groups is 2. The number of hydrogen-bond acceptors (Lipinski definition) is 7. The van der Waals surface area contributed by atoms with Crippen molar-refractivity contribution in [1.29, 1.82) is 0 Å². The predicted octanol–water partition coefficient (Wildman–Crippen LogP) is 3.68. The molecule has 1 fully saturated rings. The molecule has 39 heavy (non-hydrogen) atoms. The fraction of sp³-hybridized carbons (Fsp3) is 0.259. The average molecular weight is 541 g/mol. The second-order valence-corrected chi connectivity index (χ2v) is 8.75. The first kappa shape index (κ1) is 27.6. The summed E-state index contributed by atoms with van der Waals surface area (Å²) < 4.78 is 46.8. The molecule has 1 aliphatic heterocycles. The Balaban J connectivity index is 1.56. The van der Waals surface area contributed by atoms with Crippen LogP contribution in [0.25, 0.3) is 11.3 Å². The molecule has 0 radical (unpaired) electrons. The number of benzene rings is 1. The average Bonchev–Trinajstić information content (AvgIpc) is 2.93. The molecule has 9 nitrogen and oxygen atoms in total. The van der Waals surface area contributed by atoms with Crippen LogP contribution in [-0.4, -0.2) is 54.6 Å². The van der Waals surface area contributed by atoms with Crippen LogP contribution in [0.4, 0.5) is 30.5 Å². The number of aromatic nitrogens is 2. The minimum absolute atomic E-state index is 0.0406. The molecule has 0 unspecified atom stereocenters. The number of pyridine rings is 2. The van der Waals surface area contributed by atoms with Gasteiger partial charge >= 0.3 is 6.18 Å². The van der Waals surface area contributed by atoms with Crippen LogP contribution < -0.4 is 21.3 Å². The highest BCUT2D eigenvalue weighted by Crippen LogP contribution is 2.37. The zero-order chi connectivity index (χ0) is 28.0. The molecule has 4 rings (SSSR count). The smallest absolute Gasteiger partial charge is 0.384 e. The SMILES string of the molecule is C=CC(=O)Nc1ccc(CCNC(=O)c2cc(-c3cnc(N)cc3C(F)(F)F)nc(N3CCOCC3)c2)cc1. The molecule has 2 aromatic heterocycles. The summed E-state index contributed by atoms with van der Waals surface area (Å²) >= 11 is 0. The van der Waals surface area contributed by atoms with E-state index in [1.165, 1.54) is 12.1 Å². The summed E-state index contributed by atoms with van der Waals surface area (Å²) in [4.78, 5) is 34.7. The van der Waals surface area contributed by atoms with Gasteiger partial charge in [-0.2, -0.15) is 13.2 Å². The normalized spacial score (nSPS) is 13.6. The zero-order valence-corrected chi connectivity index (χ0v) is 20.9. The number of rotatable bonds is 8.